The van der Waals surface area contributed by atoms with Crippen molar-refractivity contribution in [3.05, 3.63) is 35.9 Å². The van der Waals surface area contributed by atoms with E-state index in [0.29, 0.717) is 11.4 Å². The molecule has 0 bridgehead atoms. The summed E-state index contributed by atoms with van der Waals surface area (Å²) in [6, 6.07) is 12.8. The molecule has 1 saturated carbocycles. The Hall–Kier alpha value is -2.12. The smallest absolute Gasteiger partial charge is 0.144 e. The van der Waals surface area contributed by atoms with E-state index in [1.165, 1.54) is 12.8 Å². The molecule has 0 atom stereocenters. The van der Waals surface area contributed by atoms with Gasteiger partial charge >= 0.3 is 0 Å². The van der Waals surface area contributed by atoms with Gasteiger partial charge in [-0.05, 0) is 32.0 Å². The topological polar surface area (TPSA) is 52.0 Å². The minimum Gasteiger partial charge on any atom is -0.368 e. The first-order chi connectivity index (χ1) is 9.78. The molecule has 0 unspecified atom stereocenters. The SMILES string of the molecule is CN(CCNc1nc2ccccc2cc1C#N)C1CC1. The molecule has 0 amide bonds. The molecule has 3 rings (SSSR count). The number of nitriles is 1. The third-order valence-electron chi connectivity index (χ3n) is 3.77. The van der Waals surface area contributed by atoms with E-state index in [0.717, 1.165) is 30.0 Å². The van der Waals surface area contributed by atoms with Crippen LogP contribution >= 0.6 is 0 Å². The summed E-state index contributed by atoms with van der Waals surface area (Å²) in [6.07, 6.45) is 2.63. The lowest BCUT2D eigenvalue weighted by Crippen LogP contribution is -2.27. The lowest BCUT2D eigenvalue weighted by Gasteiger charge is -2.16. The largest absolute Gasteiger partial charge is 0.368 e. The molecule has 1 aromatic heterocycles. The van der Waals surface area contributed by atoms with Crippen LogP contribution in [-0.2, 0) is 0 Å². The van der Waals surface area contributed by atoms with E-state index in [2.05, 4.69) is 28.3 Å². The van der Waals surface area contributed by atoms with Crippen molar-refractivity contribution in [3.63, 3.8) is 0 Å². The Bertz CT molecular complexity index is 655. The zero-order valence-electron chi connectivity index (χ0n) is 11.6. The molecule has 0 spiro atoms. The first kappa shape index (κ1) is 12.9. The molecular weight excluding hydrogens is 248 g/mol. The predicted molar refractivity (Wildman–Crippen MR) is 80.6 cm³/mol. The van der Waals surface area contributed by atoms with Gasteiger partial charge in [0.15, 0.2) is 0 Å². The number of anilines is 1. The average Bonchev–Trinajstić information content (AvgIpc) is 3.31. The molecule has 1 aromatic carbocycles. The number of fused-ring (bicyclic) bond motifs is 1. The highest BCUT2D eigenvalue weighted by Gasteiger charge is 2.25. The van der Waals surface area contributed by atoms with Crippen molar-refractivity contribution in [3.8, 4) is 6.07 Å². The molecule has 2 aromatic rings. The molecule has 0 aliphatic heterocycles. The highest BCUT2D eigenvalue weighted by molar-refractivity contribution is 5.82. The lowest BCUT2D eigenvalue weighted by molar-refractivity contribution is 0.337. The average molecular weight is 266 g/mol. The Labute approximate surface area is 119 Å². The summed E-state index contributed by atoms with van der Waals surface area (Å²) in [7, 11) is 2.15. The van der Waals surface area contributed by atoms with Crippen LogP contribution in [0.1, 0.15) is 18.4 Å². The Balaban J connectivity index is 1.74. The highest BCUT2D eigenvalue weighted by Crippen LogP contribution is 2.25. The molecule has 0 saturated heterocycles. The van der Waals surface area contributed by atoms with Gasteiger partial charge in [0.05, 0.1) is 11.1 Å². The number of nitrogens with zero attached hydrogens (tertiary/aromatic N) is 3. The van der Waals surface area contributed by atoms with E-state index >= 15 is 0 Å². The van der Waals surface area contributed by atoms with Gasteiger partial charge in [0, 0.05) is 24.5 Å². The van der Waals surface area contributed by atoms with Crippen LogP contribution in [0.15, 0.2) is 30.3 Å². The fourth-order valence-corrected chi connectivity index (χ4v) is 2.38. The van der Waals surface area contributed by atoms with Gasteiger partial charge in [-0.25, -0.2) is 4.98 Å². The van der Waals surface area contributed by atoms with Crippen molar-refractivity contribution < 1.29 is 0 Å². The monoisotopic (exact) mass is 266 g/mol. The Morgan fingerprint density at radius 3 is 2.95 bits per heavy atom. The van der Waals surface area contributed by atoms with Crippen LogP contribution in [0.2, 0.25) is 0 Å². The first-order valence-corrected chi connectivity index (χ1v) is 7.02. The van der Waals surface area contributed by atoms with Crippen molar-refractivity contribution in [2.75, 3.05) is 25.5 Å². The van der Waals surface area contributed by atoms with Crippen molar-refractivity contribution >= 4 is 16.7 Å². The van der Waals surface area contributed by atoms with Crippen LogP contribution in [0, 0.1) is 11.3 Å². The number of pyridine rings is 1. The van der Waals surface area contributed by atoms with E-state index in [-0.39, 0.29) is 0 Å². The molecule has 20 heavy (non-hydrogen) atoms. The minimum atomic E-state index is 0.609. The summed E-state index contributed by atoms with van der Waals surface area (Å²) >= 11 is 0. The van der Waals surface area contributed by atoms with Gasteiger partial charge in [-0.1, -0.05) is 18.2 Å². The molecule has 1 aliphatic rings. The van der Waals surface area contributed by atoms with Gasteiger partial charge < -0.3 is 10.2 Å². The predicted octanol–water partition coefficient (Wildman–Crippen LogP) is 2.61. The second-order valence-electron chi connectivity index (χ2n) is 5.33. The van der Waals surface area contributed by atoms with E-state index in [1.807, 2.05) is 30.3 Å². The van der Waals surface area contributed by atoms with Gasteiger partial charge in [-0.2, -0.15) is 5.26 Å². The molecule has 1 aliphatic carbocycles. The summed E-state index contributed by atoms with van der Waals surface area (Å²) in [5.41, 5.74) is 1.53. The Morgan fingerprint density at radius 1 is 1.40 bits per heavy atom. The number of likely N-dealkylation sites (N-methyl/N-ethyl adjacent to an activating group) is 1. The fourth-order valence-electron chi connectivity index (χ4n) is 2.38. The van der Waals surface area contributed by atoms with E-state index < -0.39 is 0 Å². The Morgan fingerprint density at radius 2 is 2.20 bits per heavy atom. The molecular formula is C16H18N4. The molecule has 1 N–H and O–H groups in total. The molecule has 1 heterocycles. The van der Waals surface area contributed by atoms with E-state index in [4.69, 9.17) is 0 Å². The molecule has 4 nitrogen and oxygen atoms in total. The number of aromatic nitrogens is 1. The third kappa shape index (κ3) is 2.73. The summed E-state index contributed by atoms with van der Waals surface area (Å²) in [6.45, 7) is 1.79. The van der Waals surface area contributed by atoms with Crippen molar-refractivity contribution in [2.24, 2.45) is 0 Å². The van der Waals surface area contributed by atoms with Crippen LogP contribution in [0.4, 0.5) is 5.82 Å². The van der Waals surface area contributed by atoms with E-state index in [9.17, 15) is 5.26 Å². The maximum absolute atomic E-state index is 9.24. The number of hydrogen-bond acceptors (Lipinski definition) is 4. The summed E-state index contributed by atoms with van der Waals surface area (Å²) < 4.78 is 0. The molecule has 0 radical (unpaired) electrons. The van der Waals surface area contributed by atoms with Crippen molar-refractivity contribution in [1.82, 2.24) is 9.88 Å². The third-order valence-corrected chi connectivity index (χ3v) is 3.77. The number of benzene rings is 1. The second kappa shape index (κ2) is 5.48. The van der Waals surface area contributed by atoms with Crippen LogP contribution in [0.25, 0.3) is 10.9 Å². The van der Waals surface area contributed by atoms with Crippen molar-refractivity contribution in [1.29, 1.82) is 5.26 Å². The summed E-state index contributed by atoms with van der Waals surface area (Å²) in [5, 5.41) is 13.5. The lowest BCUT2D eigenvalue weighted by atomic mass is 10.1. The van der Waals surface area contributed by atoms with Gasteiger partial charge in [-0.3, -0.25) is 0 Å². The number of rotatable bonds is 5. The van der Waals surface area contributed by atoms with Crippen LogP contribution in [-0.4, -0.2) is 36.1 Å². The molecule has 102 valence electrons. The quantitative estimate of drug-likeness (QED) is 0.904. The first-order valence-electron chi connectivity index (χ1n) is 7.02. The van der Waals surface area contributed by atoms with Gasteiger partial charge in [0.2, 0.25) is 0 Å². The second-order valence-corrected chi connectivity index (χ2v) is 5.33. The van der Waals surface area contributed by atoms with Crippen LogP contribution < -0.4 is 5.32 Å². The fraction of sp³-hybridized carbons (Fsp3) is 0.375. The van der Waals surface area contributed by atoms with Gasteiger partial charge in [-0.15, -0.1) is 0 Å². The van der Waals surface area contributed by atoms with Gasteiger partial charge in [0.1, 0.15) is 11.9 Å². The highest BCUT2D eigenvalue weighted by atomic mass is 15.2. The zero-order chi connectivity index (χ0) is 13.9. The number of para-hydroxylation sites is 1. The maximum atomic E-state index is 9.24. The maximum Gasteiger partial charge on any atom is 0.144 e. The minimum absolute atomic E-state index is 0.609. The standard InChI is InChI=1S/C16H18N4/c1-20(14-6-7-14)9-8-18-16-13(11-17)10-12-4-2-3-5-15(12)19-16/h2-5,10,14H,6-9H2,1H3,(H,18,19). The van der Waals surface area contributed by atoms with Crippen molar-refractivity contribution in [2.45, 2.75) is 18.9 Å². The zero-order valence-corrected chi connectivity index (χ0v) is 11.6. The van der Waals surface area contributed by atoms with Gasteiger partial charge in [0.25, 0.3) is 0 Å². The normalized spacial score (nSPS) is 14.4. The number of hydrogen-bond donors (Lipinski definition) is 1. The summed E-state index contributed by atoms with van der Waals surface area (Å²) in [5.74, 6) is 0.690. The summed E-state index contributed by atoms with van der Waals surface area (Å²) in [4.78, 5) is 6.91. The van der Waals surface area contributed by atoms with E-state index in [1.54, 1.807) is 0 Å². The number of nitrogens with one attached hydrogen (secondary N) is 1. The van der Waals surface area contributed by atoms with Crippen LogP contribution in [0.3, 0.4) is 0 Å². The van der Waals surface area contributed by atoms with Crippen LogP contribution in [0.5, 0.6) is 0 Å². The Kier molecular flexibility index (Phi) is 3.53. The molecule has 1 fully saturated rings. The molecule has 4 heteroatoms.